The number of carbonyl (C=O) groups is 2. The minimum Gasteiger partial charge on any atom is -0.506 e. The molecule has 1 amide bonds. The van der Waals surface area contributed by atoms with E-state index >= 15 is 0 Å². The highest BCUT2D eigenvalue weighted by molar-refractivity contribution is 8.18. The average molecular weight is 514 g/mol. The van der Waals surface area contributed by atoms with Crippen LogP contribution in [0.2, 0.25) is 5.02 Å². The molecule has 0 saturated carbocycles. The van der Waals surface area contributed by atoms with Gasteiger partial charge in [-0.15, -0.1) is 0 Å². The summed E-state index contributed by atoms with van der Waals surface area (Å²) in [6.45, 7) is 7.83. The van der Waals surface area contributed by atoms with Gasteiger partial charge in [-0.05, 0) is 49.8 Å². The molecule has 0 unspecified atom stereocenters. The molecule has 0 aliphatic carbocycles. The molecule has 0 spiro atoms. The van der Waals surface area contributed by atoms with Crippen LogP contribution in [0.15, 0.2) is 76.3 Å². The fourth-order valence-corrected chi connectivity index (χ4v) is 4.38. The maximum absolute atomic E-state index is 12.7. The molecule has 182 valence electrons. The van der Waals surface area contributed by atoms with Crippen molar-refractivity contribution in [2.45, 2.75) is 13.8 Å². The maximum Gasteiger partial charge on any atom is 0.344 e. The van der Waals surface area contributed by atoms with E-state index in [0.717, 1.165) is 11.8 Å². The third-order valence-electron chi connectivity index (χ3n) is 4.57. The molecule has 9 heteroatoms. The second-order valence-electron chi connectivity index (χ2n) is 7.01. The van der Waals surface area contributed by atoms with Crippen LogP contribution in [0.1, 0.15) is 29.8 Å². The summed E-state index contributed by atoms with van der Waals surface area (Å²) >= 11 is 7.40. The lowest BCUT2D eigenvalue weighted by Crippen LogP contribution is -2.14. The molecule has 2 aromatic carbocycles. The Balaban J connectivity index is 2.04. The zero-order chi connectivity index (χ0) is 25.4. The molecule has 7 nitrogen and oxygen atoms in total. The van der Waals surface area contributed by atoms with Crippen LogP contribution < -0.4 is 9.47 Å². The highest BCUT2D eigenvalue weighted by atomic mass is 35.5. The lowest BCUT2D eigenvalue weighted by Gasteiger charge is -2.13. The highest BCUT2D eigenvalue weighted by Gasteiger charge is 2.34. The quantitative estimate of drug-likeness (QED) is 0.324. The van der Waals surface area contributed by atoms with E-state index in [9.17, 15) is 14.7 Å². The van der Waals surface area contributed by atoms with Crippen molar-refractivity contribution in [2.24, 2.45) is 4.99 Å². The maximum atomic E-state index is 12.7. The molecule has 1 aliphatic heterocycles. The van der Waals surface area contributed by atoms with E-state index in [0.29, 0.717) is 39.2 Å². The average Bonchev–Trinajstić information content (AvgIpc) is 3.13. The van der Waals surface area contributed by atoms with Crippen molar-refractivity contribution in [1.29, 1.82) is 0 Å². The Morgan fingerprint density at radius 3 is 2.54 bits per heavy atom. The van der Waals surface area contributed by atoms with E-state index < -0.39 is 11.9 Å². The first-order valence-electron chi connectivity index (χ1n) is 10.8. The van der Waals surface area contributed by atoms with Crippen LogP contribution in [0.3, 0.4) is 0 Å². The van der Waals surface area contributed by atoms with E-state index in [1.54, 1.807) is 61.5 Å². The second kappa shape index (κ2) is 12.3. The van der Waals surface area contributed by atoms with Crippen molar-refractivity contribution >= 4 is 46.4 Å². The van der Waals surface area contributed by atoms with Gasteiger partial charge in [0.1, 0.15) is 23.0 Å². The highest BCUT2D eigenvalue weighted by Crippen LogP contribution is 2.42. The van der Waals surface area contributed by atoms with Gasteiger partial charge in [-0.3, -0.25) is 4.79 Å². The van der Waals surface area contributed by atoms with Crippen LogP contribution in [-0.4, -0.2) is 41.8 Å². The first-order chi connectivity index (χ1) is 16.9. The Kier molecular flexibility index (Phi) is 9.17. The normalized spacial score (nSPS) is 15.4. The summed E-state index contributed by atoms with van der Waals surface area (Å²) in [5.41, 5.74) is 0.760. The molecule has 0 radical (unpaired) electrons. The van der Waals surface area contributed by atoms with Crippen LogP contribution in [0.5, 0.6) is 11.5 Å². The SMILES string of the molecule is C=CCOc1c(Cl)cc(/C=C2\SC(=NC(=O)c3ccccc3)C(C(=O)OCC)=C2O)cc1OCC. The minimum absolute atomic E-state index is 0.0446. The molecular formula is C26H24ClNO6S. The number of thioether (sulfide) groups is 1. The molecule has 0 atom stereocenters. The second-order valence-corrected chi connectivity index (χ2v) is 8.44. The van der Waals surface area contributed by atoms with Gasteiger partial charge in [0.05, 0.1) is 23.1 Å². The number of amides is 1. The predicted molar refractivity (Wildman–Crippen MR) is 138 cm³/mol. The lowest BCUT2D eigenvalue weighted by atomic mass is 10.1. The van der Waals surface area contributed by atoms with Gasteiger partial charge in [-0.1, -0.05) is 54.2 Å². The van der Waals surface area contributed by atoms with Crippen LogP contribution in [0.25, 0.3) is 6.08 Å². The fraction of sp³-hybridized carbons (Fsp3) is 0.192. The zero-order valence-corrected chi connectivity index (χ0v) is 20.8. The molecule has 1 heterocycles. The van der Waals surface area contributed by atoms with E-state index in [4.69, 9.17) is 25.8 Å². The first kappa shape index (κ1) is 26.1. The third-order valence-corrected chi connectivity index (χ3v) is 5.87. The van der Waals surface area contributed by atoms with Crippen LogP contribution >= 0.6 is 23.4 Å². The molecule has 35 heavy (non-hydrogen) atoms. The smallest absolute Gasteiger partial charge is 0.344 e. The summed E-state index contributed by atoms with van der Waals surface area (Å²) in [5.74, 6) is -0.874. The van der Waals surface area contributed by atoms with Crippen molar-refractivity contribution in [3.63, 3.8) is 0 Å². The van der Waals surface area contributed by atoms with Gasteiger partial charge in [-0.25, -0.2) is 9.79 Å². The summed E-state index contributed by atoms with van der Waals surface area (Å²) in [6, 6.07) is 11.8. The molecule has 2 aromatic rings. The zero-order valence-electron chi connectivity index (χ0n) is 19.2. The number of aliphatic imine (C=N–C) groups is 1. The molecule has 0 saturated heterocycles. The summed E-state index contributed by atoms with van der Waals surface area (Å²) in [6.07, 6.45) is 3.20. The number of rotatable bonds is 9. The number of hydrogen-bond acceptors (Lipinski definition) is 7. The van der Waals surface area contributed by atoms with Crippen molar-refractivity contribution in [3.8, 4) is 11.5 Å². The number of ether oxygens (including phenoxy) is 3. The topological polar surface area (TPSA) is 94.4 Å². The Morgan fingerprint density at radius 1 is 1.14 bits per heavy atom. The summed E-state index contributed by atoms with van der Waals surface area (Å²) < 4.78 is 16.4. The molecular weight excluding hydrogens is 490 g/mol. The first-order valence-corrected chi connectivity index (χ1v) is 12.0. The number of nitrogens with zero attached hydrogens (tertiary/aromatic N) is 1. The van der Waals surface area contributed by atoms with E-state index in [2.05, 4.69) is 11.6 Å². The van der Waals surface area contributed by atoms with Gasteiger partial charge in [0.25, 0.3) is 5.91 Å². The molecule has 1 aliphatic rings. The summed E-state index contributed by atoms with van der Waals surface area (Å²) in [4.78, 5) is 29.6. The van der Waals surface area contributed by atoms with Crippen LogP contribution in [0, 0.1) is 0 Å². The van der Waals surface area contributed by atoms with Gasteiger partial charge in [-0.2, -0.15) is 0 Å². The number of esters is 1. The molecule has 1 N–H and O–H groups in total. The van der Waals surface area contributed by atoms with E-state index in [-0.39, 0.29) is 29.6 Å². The third kappa shape index (κ3) is 6.35. The fourth-order valence-electron chi connectivity index (χ4n) is 3.10. The molecule has 0 bridgehead atoms. The van der Waals surface area contributed by atoms with Crippen molar-refractivity contribution in [1.82, 2.24) is 0 Å². The number of halogens is 1. The Hall–Kier alpha value is -3.49. The Labute approximate surface area is 212 Å². The van der Waals surface area contributed by atoms with Gasteiger partial charge in [0.15, 0.2) is 11.5 Å². The molecule has 0 fully saturated rings. The number of aliphatic hydroxyl groups is 1. The number of carbonyl (C=O) groups excluding carboxylic acids is 2. The van der Waals surface area contributed by atoms with Gasteiger partial charge < -0.3 is 19.3 Å². The Bertz CT molecular complexity index is 1220. The van der Waals surface area contributed by atoms with Gasteiger partial charge >= 0.3 is 5.97 Å². The van der Waals surface area contributed by atoms with Gasteiger partial charge in [0, 0.05) is 5.56 Å². The lowest BCUT2D eigenvalue weighted by molar-refractivity contribution is -0.138. The number of benzene rings is 2. The van der Waals surface area contributed by atoms with Crippen LogP contribution in [0.4, 0.5) is 0 Å². The molecule has 0 aromatic heterocycles. The van der Waals surface area contributed by atoms with Crippen molar-refractivity contribution in [3.05, 3.63) is 87.5 Å². The van der Waals surface area contributed by atoms with Crippen LogP contribution in [-0.2, 0) is 9.53 Å². The number of aliphatic hydroxyl groups excluding tert-OH is 1. The van der Waals surface area contributed by atoms with Gasteiger partial charge in [0.2, 0.25) is 0 Å². The van der Waals surface area contributed by atoms with Crippen molar-refractivity contribution in [2.75, 3.05) is 19.8 Å². The van der Waals surface area contributed by atoms with E-state index in [1.807, 2.05) is 6.92 Å². The van der Waals surface area contributed by atoms with Crippen molar-refractivity contribution < 1.29 is 28.9 Å². The van der Waals surface area contributed by atoms with E-state index in [1.165, 1.54) is 0 Å². The standard InChI is InChI=1S/C26H24ClNO6S/c1-4-12-34-23-18(27)13-16(14-19(23)32-5-2)15-20-22(29)21(26(31)33-6-3)25(35-20)28-24(30)17-10-8-7-9-11-17/h4,7-11,13-15,29H,1,5-6,12H2,2-3H3/b20-15-,28-25?. The summed E-state index contributed by atoms with van der Waals surface area (Å²) in [7, 11) is 0. The monoisotopic (exact) mass is 513 g/mol. The predicted octanol–water partition coefficient (Wildman–Crippen LogP) is 6.01. The Morgan fingerprint density at radius 2 is 1.89 bits per heavy atom. The minimum atomic E-state index is -0.776. The molecule has 3 rings (SSSR count). The largest absolute Gasteiger partial charge is 0.506 e. The number of hydrogen-bond donors (Lipinski definition) is 1. The summed E-state index contributed by atoms with van der Waals surface area (Å²) in [5, 5.41) is 11.2.